The van der Waals surface area contributed by atoms with E-state index in [9.17, 15) is 14.7 Å². The lowest BCUT2D eigenvalue weighted by Crippen LogP contribution is -2.46. The number of hydrogen-bond donors (Lipinski definition) is 3. The molecule has 1 heterocycles. The van der Waals surface area contributed by atoms with Crippen LogP contribution < -0.4 is 15.4 Å². The molecular formula is C21H23N3O4. The van der Waals surface area contributed by atoms with Crippen LogP contribution in [0.2, 0.25) is 0 Å². The Morgan fingerprint density at radius 2 is 1.86 bits per heavy atom. The van der Waals surface area contributed by atoms with Gasteiger partial charge in [-0.1, -0.05) is 23.8 Å². The summed E-state index contributed by atoms with van der Waals surface area (Å²) in [5.74, 6) is -0.0660. The minimum atomic E-state index is -0.677. The summed E-state index contributed by atoms with van der Waals surface area (Å²) >= 11 is 0. The number of ether oxygens (including phenoxy) is 1. The smallest absolute Gasteiger partial charge is 0.322 e. The molecule has 0 bridgehead atoms. The van der Waals surface area contributed by atoms with Crippen molar-refractivity contribution in [2.75, 3.05) is 19.5 Å². The average molecular weight is 381 g/mol. The number of nitrogens with one attached hydrogen (secondary N) is 2. The van der Waals surface area contributed by atoms with Gasteiger partial charge in [-0.25, -0.2) is 4.79 Å². The molecule has 1 aliphatic heterocycles. The fraction of sp³-hybridized carbons (Fsp3) is 0.238. The second-order valence-corrected chi connectivity index (χ2v) is 6.69. The van der Waals surface area contributed by atoms with Crippen LogP contribution in [0.1, 0.15) is 24.1 Å². The maximum absolute atomic E-state index is 13.1. The Morgan fingerprint density at radius 3 is 2.50 bits per heavy atom. The number of carbonyl (C=O) groups is 2. The molecule has 1 unspecified atom stereocenters. The molecule has 3 rings (SSSR count). The van der Waals surface area contributed by atoms with Gasteiger partial charge >= 0.3 is 6.03 Å². The van der Waals surface area contributed by atoms with Crippen molar-refractivity contribution in [2.24, 2.45) is 0 Å². The highest BCUT2D eigenvalue weighted by atomic mass is 16.5. The molecule has 0 spiro atoms. The summed E-state index contributed by atoms with van der Waals surface area (Å²) in [6.07, 6.45) is 0. The van der Waals surface area contributed by atoms with Gasteiger partial charge in [0.1, 0.15) is 0 Å². The van der Waals surface area contributed by atoms with E-state index in [2.05, 4.69) is 10.6 Å². The van der Waals surface area contributed by atoms with Crippen molar-refractivity contribution in [1.82, 2.24) is 10.2 Å². The van der Waals surface area contributed by atoms with E-state index in [0.29, 0.717) is 22.5 Å². The lowest BCUT2D eigenvalue weighted by molar-refractivity contribution is -0.113. The Balaban J connectivity index is 2.01. The quantitative estimate of drug-likeness (QED) is 0.758. The molecule has 1 aliphatic rings. The van der Waals surface area contributed by atoms with Crippen LogP contribution in [0.3, 0.4) is 0 Å². The van der Waals surface area contributed by atoms with Gasteiger partial charge in [0, 0.05) is 18.4 Å². The zero-order valence-corrected chi connectivity index (χ0v) is 16.2. The predicted molar refractivity (Wildman–Crippen MR) is 106 cm³/mol. The molecular weight excluding hydrogens is 358 g/mol. The molecule has 28 heavy (non-hydrogen) atoms. The van der Waals surface area contributed by atoms with Gasteiger partial charge < -0.3 is 25.4 Å². The fourth-order valence-electron chi connectivity index (χ4n) is 3.09. The molecule has 0 radical (unpaired) electrons. The van der Waals surface area contributed by atoms with Crippen LogP contribution in [0, 0.1) is 6.92 Å². The summed E-state index contributed by atoms with van der Waals surface area (Å²) in [6, 6.07) is 11.2. The largest absolute Gasteiger partial charge is 0.504 e. The van der Waals surface area contributed by atoms with E-state index in [1.54, 1.807) is 26.1 Å². The van der Waals surface area contributed by atoms with Crippen molar-refractivity contribution in [3.63, 3.8) is 0 Å². The van der Waals surface area contributed by atoms with Crippen molar-refractivity contribution in [3.05, 3.63) is 64.9 Å². The highest BCUT2D eigenvalue weighted by Gasteiger charge is 2.34. The normalized spacial score (nSPS) is 16.6. The van der Waals surface area contributed by atoms with Crippen LogP contribution in [0.15, 0.2) is 53.7 Å². The van der Waals surface area contributed by atoms with Gasteiger partial charge in [-0.15, -0.1) is 0 Å². The second kappa shape index (κ2) is 7.64. The molecule has 0 saturated carbocycles. The lowest BCUT2D eigenvalue weighted by atomic mass is 9.94. The molecule has 2 aromatic rings. The summed E-state index contributed by atoms with van der Waals surface area (Å²) in [5, 5.41) is 15.6. The zero-order chi connectivity index (χ0) is 20.4. The summed E-state index contributed by atoms with van der Waals surface area (Å²) < 4.78 is 5.16. The maximum atomic E-state index is 13.1. The molecule has 3 amide bonds. The number of rotatable bonds is 4. The molecule has 7 nitrogen and oxygen atoms in total. The van der Waals surface area contributed by atoms with Gasteiger partial charge in [-0.2, -0.15) is 0 Å². The number of phenols is 1. The SMILES string of the molecule is COc1cc(C2NC(=O)N(C)C(C)=C2C(=O)Nc2ccc(C)cc2)ccc1O. The van der Waals surface area contributed by atoms with Crippen LogP contribution in [0.5, 0.6) is 11.5 Å². The lowest BCUT2D eigenvalue weighted by Gasteiger charge is -2.33. The molecule has 0 aromatic heterocycles. The van der Waals surface area contributed by atoms with E-state index in [1.165, 1.54) is 18.1 Å². The zero-order valence-electron chi connectivity index (χ0n) is 16.2. The van der Waals surface area contributed by atoms with Crippen LogP contribution >= 0.6 is 0 Å². The summed E-state index contributed by atoms with van der Waals surface area (Å²) in [4.78, 5) is 26.8. The Bertz CT molecular complexity index is 951. The number of aryl methyl sites for hydroxylation is 1. The van der Waals surface area contributed by atoms with Gasteiger partial charge in [0.15, 0.2) is 11.5 Å². The Kier molecular flexibility index (Phi) is 5.26. The number of phenolic OH excluding ortho intramolecular Hbond substituents is 1. The van der Waals surface area contributed by atoms with Crippen LogP contribution in [0.4, 0.5) is 10.5 Å². The number of nitrogens with zero attached hydrogens (tertiary/aromatic N) is 1. The first-order valence-electron chi connectivity index (χ1n) is 8.81. The van der Waals surface area contributed by atoms with Gasteiger partial charge in [0.25, 0.3) is 5.91 Å². The minimum Gasteiger partial charge on any atom is -0.504 e. The molecule has 1 atom stereocenters. The monoisotopic (exact) mass is 381 g/mol. The summed E-state index contributed by atoms with van der Waals surface area (Å²) in [7, 11) is 3.05. The first-order chi connectivity index (χ1) is 13.3. The number of allylic oxidation sites excluding steroid dienone is 1. The van der Waals surface area contributed by atoms with E-state index in [0.717, 1.165) is 5.56 Å². The van der Waals surface area contributed by atoms with Gasteiger partial charge in [0.05, 0.1) is 18.7 Å². The third-order valence-electron chi connectivity index (χ3n) is 4.85. The topological polar surface area (TPSA) is 90.9 Å². The molecule has 3 N–H and O–H groups in total. The third kappa shape index (κ3) is 3.64. The second-order valence-electron chi connectivity index (χ2n) is 6.69. The Hall–Kier alpha value is -3.48. The van der Waals surface area contributed by atoms with Gasteiger partial charge in [-0.3, -0.25) is 4.79 Å². The number of benzene rings is 2. The number of anilines is 1. The summed E-state index contributed by atoms with van der Waals surface area (Å²) in [6.45, 7) is 3.70. The van der Waals surface area contributed by atoms with Crippen molar-refractivity contribution in [1.29, 1.82) is 0 Å². The molecule has 7 heteroatoms. The molecule has 0 aliphatic carbocycles. The first kappa shape index (κ1) is 19.3. The molecule has 146 valence electrons. The average Bonchev–Trinajstić information content (AvgIpc) is 2.68. The Labute approximate surface area is 163 Å². The standard InChI is InChI=1S/C21H23N3O4/c1-12-5-8-15(9-6-12)22-20(26)18-13(2)24(3)21(27)23-19(18)14-7-10-16(25)17(11-14)28-4/h5-11,19,25H,1-4H3,(H,22,26)(H,23,27). The molecule has 2 aromatic carbocycles. The van der Waals surface area contributed by atoms with Crippen molar-refractivity contribution in [2.45, 2.75) is 19.9 Å². The number of hydrogen-bond acceptors (Lipinski definition) is 4. The number of aromatic hydroxyl groups is 1. The Morgan fingerprint density at radius 1 is 1.18 bits per heavy atom. The number of carbonyl (C=O) groups excluding carboxylic acids is 2. The van der Waals surface area contributed by atoms with E-state index in [4.69, 9.17) is 4.74 Å². The third-order valence-corrected chi connectivity index (χ3v) is 4.85. The van der Waals surface area contributed by atoms with Crippen LogP contribution in [-0.2, 0) is 4.79 Å². The molecule has 0 fully saturated rings. The van der Waals surface area contributed by atoms with Crippen LogP contribution in [-0.4, -0.2) is 36.1 Å². The number of urea groups is 1. The van der Waals surface area contributed by atoms with Crippen molar-refractivity contribution < 1.29 is 19.4 Å². The number of amides is 3. The van der Waals surface area contributed by atoms with Crippen molar-refractivity contribution >= 4 is 17.6 Å². The van der Waals surface area contributed by atoms with E-state index in [1.807, 2.05) is 31.2 Å². The maximum Gasteiger partial charge on any atom is 0.322 e. The van der Waals surface area contributed by atoms with Crippen molar-refractivity contribution in [3.8, 4) is 11.5 Å². The van der Waals surface area contributed by atoms with E-state index >= 15 is 0 Å². The minimum absolute atomic E-state index is 0.0168. The summed E-state index contributed by atoms with van der Waals surface area (Å²) in [5.41, 5.74) is 3.34. The molecule has 0 saturated heterocycles. The predicted octanol–water partition coefficient (Wildman–Crippen LogP) is 3.32. The van der Waals surface area contributed by atoms with Crippen LogP contribution in [0.25, 0.3) is 0 Å². The fourth-order valence-corrected chi connectivity index (χ4v) is 3.09. The van der Waals surface area contributed by atoms with Gasteiger partial charge in [-0.05, 0) is 43.7 Å². The van der Waals surface area contributed by atoms with Gasteiger partial charge in [0.2, 0.25) is 0 Å². The first-order valence-corrected chi connectivity index (χ1v) is 8.81. The highest BCUT2D eigenvalue weighted by Crippen LogP contribution is 2.35. The highest BCUT2D eigenvalue weighted by molar-refractivity contribution is 6.06. The van der Waals surface area contributed by atoms with E-state index in [-0.39, 0.29) is 23.4 Å². The van der Waals surface area contributed by atoms with E-state index < -0.39 is 6.04 Å². The number of methoxy groups -OCH3 is 1.